The first-order valence-corrected chi connectivity index (χ1v) is 9.46. The molecule has 0 saturated carbocycles. The molecule has 0 atom stereocenters. The number of anilines is 1. The van der Waals surface area contributed by atoms with Gasteiger partial charge in [-0.25, -0.2) is 9.59 Å². The van der Waals surface area contributed by atoms with Crippen LogP contribution in [0.25, 0.3) is 0 Å². The lowest BCUT2D eigenvalue weighted by atomic mass is 10.1. The minimum atomic E-state index is -0.584. The van der Waals surface area contributed by atoms with Gasteiger partial charge in [-0.15, -0.1) is 11.3 Å². The largest absolute Gasteiger partial charge is 0.462 e. The standard InChI is InChI=1S/C18H23N3O5S/c1-5-25-17(23)14-12(4)15(18(24)26-6-2)27-16(14)19-13(22)8-10-21-9-7-11(3)20-21/h7,9H,5-6,8,10H2,1-4H3,(H,19,22). The van der Waals surface area contributed by atoms with Crippen LogP contribution in [-0.4, -0.2) is 40.8 Å². The fourth-order valence-corrected chi connectivity index (χ4v) is 3.54. The van der Waals surface area contributed by atoms with Crippen LogP contribution in [0.1, 0.15) is 51.6 Å². The van der Waals surface area contributed by atoms with E-state index >= 15 is 0 Å². The molecule has 0 saturated heterocycles. The summed E-state index contributed by atoms with van der Waals surface area (Å²) in [5.41, 5.74) is 1.50. The number of nitrogens with one attached hydrogen (secondary N) is 1. The third-order valence-electron chi connectivity index (χ3n) is 3.68. The van der Waals surface area contributed by atoms with Gasteiger partial charge in [-0.05, 0) is 39.3 Å². The Labute approximate surface area is 161 Å². The molecule has 0 unspecified atom stereocenters. The molecule has 9 heteroatoms. The highest BCUT2D eigenvalue weighted by Crippen LogP contribution is 2.34. The van der Waals surface area contributed by atoms with Crippen molar-refractivity contribution in [1.29, 1.82) is 0 Å². The Hall–Kier alpha value is -2.68. The third kappa shape index (κ3) is 5.16. The topological polar surface area (TPSA) is 99.5 Å². The van der Waals surface area contributed by atoms with Gasteiger partial charge in [-0.3, -0.25) is 9.48 Å². The zero-order valence-corrected chi connectivity index (χ0v) is 16.6. The van der Waals surface area contributed by atoms with E-state index < -0.39 is 11.9 Å². The molecule has 0 spiro atoms. The summed E-state index contributed by atoms with van der Waals surface area (Å²) in [5, 5.41) is 7.23. The molecule has 0 bridgehead atoms. The van der Waals surface area contributed by atoms with Crippen molar-refractivity contribution in [3.63, 3.8) is 0 Å². The third-order valence-corrected chi connectivity index (χ3v) is 4.87. The number of hydrogen-bond acceptors (Lipinski definition) is 7. The first-order valence-electron chi connectivity index (χ1n) is 8.64. The van der Waals surface area contributed by atoms with Gasteiger partial charge in [-0.2, -0.15) is 5.10 Å². The van der Waals surface area contributed by atoms with Crippen molar-refractivity contribution in [2.45, 2.75) is 40.7 Å². The van der Waals surface area contributed by atoms with Crippen molar-refractivity contribution in [3.8, 4) is 0 Å². The van der Waals surface area contributed by atoms with Gasteiger partial charge in [0.05, 0.1) is 24.5 Å². The van der Waals surface area contributed by atoms with Gasteiger partial charge >= 0.3 is 11.9 Å². The van der Waals surface area contributed by atoms with Crippen LogP contribution in [0.15, 0.2) is 12.3 Å². The number of carbonyl (C=O) groups is 3. The monoisotopic (exact) mass is 393 g/mol. The summed E-state index contributed by atoms with van der Waals surface area (Å²) in [5.74, 6) is -1.40. The number of nitrogens with zero attached hydrogens (tertiary/aromatic N) is 2. The minimum absolute atomic E-state index is 0.176. The number of aromatic nitrogens is 2. The van der Waals surface area contributed by atoms with E-state index in [4.69, 9.17) is 9.47 Å². The number of ether oxygens (including phenoxy) is 2. The molecular formula is C18H23N3O5S. The normalized spacial score (nSPS) is 10.5. The summed E-state index contributed by atoms with van der Waals surface area (Å²) in [6.45, 7) is 7.71. The predicted molar refractivity (Wildman–Crippen MR) is 101 cm³/mol. The summed E-state index contributed by atoms with van der Waals surface area (Å²) in [6.07, 6.45) is 1.97. The lowest BCUT2D eigenvalue weighted by Crippen LogP contribution is -2.16. The Morgan fingerprint density at radius 2 is 1.81 bits per heavy atom. The second-order valence-corrected chi connectivity index (χ2v) is 6.74. The van der Waals surface area contributed by atoms with Gasteiger partial charge in [0, 0.05) is 19.2 Å². The molecule has 0 fully saturated rings. The fraction of sp³-hybridized carbons (Fsp3) is 0.444. The van der Waals surface area contributed by atoms with Crippen molar-refractivity contribution in [2.75, 3.05) is 18.5 Å². The van der Waals surface area contributed by atoms with E-state index in [1.807, 2.05) is 13.0 Å². The Morgan fingerprint density at radius 1 is 1.15 bits per heavy atom. The van der Waals surface area contributed by atoms with Gasteiger partial charge < -0.3 is 14.8 Å². The van der Waals surface area contributed by atoms with Crippen LogP contribution in [0.3, 0.4) is 0 Å². The highest BCUT2D eigenvalue weighted by Gasteiger charge is 2.27. The molecule has 2 aromatic heterocycles. The number of esters is 2. The van der Waals surface area contributed by atoms with E-state index in [-0.39, 0.29) is 41.0 Å². The Morgan fingerprint density at radius 3 is 2.41 bits per heavy atom. The first-order chi connectivity index (χ1) is 12.9. The molecule has 0 aromatic carbocycles. The maximum Gasteiger partial charge on any atom is 0.348 e. The molecule has 0 aliphatic heterocycles. The molecule has 27 heavy (non-hydrogen) atoms. The van der Waals surface area contributed by atoms with Gasteiger partial charge in [-0.1, -0.05) is 0 Å². The zero-order valence-electron chi connectivity index (χ0n) is 15.8. The highest BCUT2D eigenvalue weighted by atomic mass is 32.1. The molecule has 8 nitrogen and oxygen atoms in total. The van der Waals surface area contributed by atoms with Crippen LogP contribution in [0.5, 0.6) is 0 Å². The van der Waals surface area contributed by atoms with Crippen molar-refractivity contribution in [3.05, 3.63) is 34.0 Å². The predicted octanol–water partition coefficient (Wildman–Crippen LogP) is 2.94. The average Bonchev–Trinajstić information content (AvgIpc) is 3.16. The second kappa shape index (κ2) is 9.31. The molecule has 2 aromatic rings. The van der Waals surface area contributed by atoms with Crippen LogP contribution < -0.4 is 5.32 Å². The molecule has 1 amide bonds. The average molecular weight is 393 g/mol. The van der Waals surface area contributed by atoms with Crippen molar-refractivity contribution in [1.82, 2.24) is 9.78 Å². The maximum absolute atomic E-state index is 12.3. The highest BCUT2D eigenvalue weighted by molar-refractivity contribution is 7.18. The fourth-order valence-electron chi connectivity index (χ4n) is 2.43. The number of carbonyl (C=O) groups excluding carboxylic acids is 3. The molecule has 0 radical (unpaired) electrons. The summed E-state index contributed by atoms with van der Waals surface area (Å²) in [6, 6.07) is 1.85. The molecule has 2 rings (SSSR count). The number of hydrogen-bond donors (Lipinski definition) is 1. The minimum Gasteiger partial charge on any atom is -0.462 e. The van der Waals surface area contributed by atoms with Crippen LogP contribution in [0, 0.1) is 13.8 Å². The Kier molecular flexibility index (Phi) is 7.12. The number of thiophene rings is 1. The van der Waals surface area contributed by atoms with E-state index in [9.17, 15) is 14.4 Å². The van der Waals surface area contributed by atoms with Gasteiger partial charge in [0.25, 0.3) is 0 Å². The second-order valence-electron chi connectivity index (χ2n) is 5.72. The van der Waals surface area contributed by atoms with Crippen LogP contribution >= 0.6 is 11.3 Å². The van der Waals surface area contributed by atoms with Crippen molar-refractivity contribution < 1.29 is 23.9 Å². The zero-order chi connectivity index (χ0) is 20.0. The van der Waals surface area contributed by atoms with Gasteiger partial charge in [0.15, 0.2) is 0 Å². The molecule has 0 aliphatic carbocycles. The molecular weight excluding hydrogens is 370 g/mol. The quantitative estimate of drug-likeness (QED) is 0.692. The van der Waals surface area contributed by atoms with Crippen LogP contribution in [0.4, 0.5) is 5.00 Å². The van der Waals surface area contributed by atoms with Crippen LogP contribution in [-0.2, 0) is 20.8 Å². The van der Waals surface area contributed by atoms with E-state index in [0.29, 0.717) is 12.1 Å². The lowest BCUT2D eigenvalue weighted by molar-refractivity contribution is -0.116. The molecule has 2 heterocycles. The van der Waals surface area contributed by atoms with E-state index in [1.54, 1.807) is 31.6 Å². The SMILES string of the molecule is CCOC(=O)c1sc(NC(=O)CCn2ccc(C)n2)c(C(=O)OCC)c1C. The van der Waals surface area contributed by atoms with Gasteiger partial charge in [0.1, 0.15) is 9.88 Å². The first kappa shape index (κ1) is 20.6. The summed E-state index contributed by atoms with van der Waals surface area (Å²) in [4.78, 5) is 37.0. The van der Waals surface area contributed by atoms with E-state index in [2.05, 4.69) is 10.4 Å². The number of rotatable bonds is 8. The van der Waals surface area contributed by atoms with E-state index in [0.717, 1.165) is 17.0 Å². The maximum atomic E-state index is 12.3. The van der Waals surface area contributed by atoms with E-state index in [1.165, 1.54) is 0 Å². The van der Waals surface area contributed by atoms with Crippen LogP contribution in [0.2, 0.25) is 0 Å². The number of amides is 1. The van der Waals surface area contributed by atoms with Crippen molar-refractivity contribution in [2.24, 2.45) is 0 Å². The molecule has 0 aliphatic rings. The van der Waals surface area contributed by atoms with Gasteiger partial charge in [0.2, 0.25) is 5.91 Å². The molecule has 146 valence electrons. The summed E-state index contributed by atoms with van der Waals surface area (Å²) in [7, 11) is 0. The Bertz CT molecular complexity index is 840. The molecule has 1 N–H and O–H groups in total. The Balaban J connectivity index is 2.19. The lowest BCUT2D eigenvalue weighted by Gasteiger charge is -2.07. The summed E-state index contributed by atoms with van der Waals surface area (Å²) < 4.78 is 11.8. The summed E-state index contributed by atoms with van der Waals surface area (Å²) >= 11 is 1.01. The number of aryl methyl sites for hydroxylation is 2. The smallest absolute Gasteiger partial charge is 0.348 e. The van der Waals surface area contributed by atoms with Crippen molar-refractivity contribution >= 4 is 34.2 Å².